The lowest BCUT2D eigenvalue weighted by molar-refractivity contribution is 0.280. The van der Waals surface area contributed by atoms with Crippen molar-refractivity contribution in [3.63, 3.8) is 0 Å². The molecule has 0 spiro atoms. The molecule has 0 radical (unpaired) electrons. The van der Waals surface area contributed by atoms with E-state index in [4.69, 9.17) is 9.84 Å². The molecule has 0 fully saturated rings. The van der Waals surface area contributed by atoms with Gasteiger partial charge in [0.05, 0.1) is 13.7 Å². The van der Waals surface area contributed by atoms with E-state index in [0.29, 0.717) is 0 Å². The van der Waals surface area contributed by atoms with E-state index < -0.39 is 0 Å². The molecule has 1 rings (SSSR count). The van der Waals surface area contributed by atoms with E-state index in [1.807, 2.05) is 24.5 Å². The van der Waals surface area contributed by atoms with Crippen LogP contribution in [0.1, 0.15) is 5.56 Å². The Labute approximate surface area is 76.6 Å². The molecular weight excluding hydrogens is 172 g/mol. The zero-order valence-electron chi connectivity index (χ0n) is 7.20. The summed E-state index contributed by atoms with van der Waals surface area (Å²) in [5, 5.41) is 8.91. The van der Waals surface area contributed by atoms with E-state index in [0.717, 1.165) is 16.2 Å². The zero-order valence-corrected chi connectivity index (χ0v) is 8.02. The number of benzene rings is 1. The lowest BCUT2D eigenvalue weighted by Crippen LogP contribution is -1.88. The van der Waals surface area contributed by atoms with Crippen LogP contribution in [0.25, 0.3) is 0 Å². The largest absolute Gasteiger partial charge is 0.497 e. The van der Waals surface area contributed by atoms with E-state index in [1.54, 1.807) is 18.9 Å². The molecule has 0 unspecified atom stereocenters. The second kappa shape index (κ2) is 4.38. The predicted octanol–water partition coefficient (Wildman–Crippen LogP) is 1.91. The second-order valence-corrected chi connectivity index (χ2v) is 3.26. The molecule has 0 heterocycles. The third-order valence-electron chi connectivity index (χ3n) is 1.59. The van der Waals surface area contributed by atoms with Crippen LogP contribution in [0.2, 0.25) is 0 Å². The average Bonchev–Trinajstić information content (AvgIpc) is 2.16. The maximum absolute atomic E-state index is 8.91. The van der Waals surface area contributed by atoms with E-state index >= 15 is 0 Å². The number of aliphatic hydroxyl groups is 1. The Hall–Kier alpha value is -0.670. The molecule has 0 aliphatic rings. The zero-order chi connectivity index (χ0) is 8.97. The van der Waals surface area contributed by atoms with Crippen molar-refractivity contribution in [2.24, 2.45) is 0 Å². The van der Waals surface area contributed by atoms with Crippen molar-refractivity contribution in [3.8, 4) is 5.75 Å². The number of methoxy groups -OCH3 is 1. The molecule has 0 aromatic heterocycles. The highest BCUT2D eigenvalue weighted by molar-refractivity contribution is 7.98. The first-order valence-electron chi connectivity index (χ1n) is 3.63. The first kappa shape index (κ1) is 9.42. The highest BCUT2D eigenvalue weighted by atomic mass is 32.2. The van der Waals surface area contributed by atoms with Crippen molar-refractivity contribution in [1.29, 1.82) is 0 Å². The standard InChI is InChI=1S/C9H12O2S/c1-11-8-3-7(6-10)4-9(5-8)12-2/h3-5,10H,6H2,1-2H3. The van der Waals surface area contributed by atoms with Gasteiger partial charge in [-0.15, -0.1) is 11.8 Å². The maximum atomic E-state index is 8.91. The van der Waals surface area contributed by atoms with Crippen LogP contribution in [-0.2, 0) is 6.61 Å². The van der Waals surface area contributed by atoms with Gasteiger partial charge in [-0.25, -0.2) is 0 Å². The van der Waals surface area contributed by atoms with Gasteiger partial charge in [0.1, 0.15) is 5.75 Å². The third-order valence-corrected chi connectivity index (χ3v) is 2.30. The Morgan fingerprint density at radius 1 is 1.42 bits per heavy atom. The fraction of sp³-hybridized carbons (Fsp3) is 0.333. The molecule has 0 amide bonds. The van der Waals surface area contributed by atoms with Crippen LogP contribution in [0.15, 0.2) is 23.1 Å². The lowest BCUT2D eigenvalue weighted by Gasteiger charge is -2.04. The van der Waals surface area contributed by atoms with Gasteiger partial charge in [-0.1, -0.05) is 0 Å². The van der Waals surface area contributed by atoms with Crippen LogP contribution in [0.3, 0.4) is 0 Å². The lowest BCUT2D eigenvalue weighted by atomic mass is 10.2. The Morgan fingerprint density at radius 2 is 2.17 bits per heavy atom. The normalized spacial score (nSPS) is 9.92. The molecule has 66 valence electrons. The van der Waals surface area contributed by atoms with Gasteiger partial charge in [0, 0.05) is 4.90 Å². The summed E-state index contributed by atoms with van der Waals surface area (Å²) in [4.78, 5) is 1.11. The highest BCUT2D eigenvalue weighted by Crippen LogP contribution is 2.23. The highest BCUT2D eigenvalue weighted by Gasteiger charge is 1.98. The predicted molar refractivity (Wildman–Crippen MR) is 50.7 cm³/mol. The van der Waals surface area contributed by atoms with Crippen molar-refractivity contribution < 1.29 is 9.84 Å². The smallest absolute Gasteiger partial charge is 0.120 e. The summed E-state index contributed by atoms with van der Waals surface area (Å²) in [5.41, 5.74) is 0.888. The number of thioether (sulfide) groups is 1. The van der Waals surface area contributed by atoms with E-state index in [2.05, 4.69) is 0 Å². The summed E-state index contributed by atoms with van der Waals surface area (Å²) in [7, 11) is 1.63. The number of aliphatic hydroxyl groups excluding tert-OH is 1. The number of ether oxygens (including phenoxy) is 1. The van der Waals surface area contributed by atoms with Gasteiger partial charge in [0.25, 0.3) is 0 Å². The topological polar surface area (TPSA) is 29.5 Å². The molecule has 1 aromatic rings. The summed E-state index contributed by atoms with van der Waals surface area (Å²) in [5.74, 6) is 0.797. The van der Waals surface area contributed by atoms with E-state index in [-0.39, 0.29) is 6.61 Å². The molecule has 2 nitrogen and oxygen atoms in total. The summed E-state index contributed by atoms with van der Waals surface area (Å²) in [6.07, 6.45) is 2.00. The Balaban J connectivity index is 3.01. The minimum Gasteiger partial charge on any atom is -0.497 e. The summed E-state index contributed by atoms with van der Waals surface area (Å²) >= 11 is 1.64. The maximum Gasteiger partial charge on any atom is 0.120 e. The van der Waals surface area contributed by atoms with Crippen LogP contribution >= 0.6 is 11.8 Å². The van der Waals surface area contributed by atoms with Crippen LogP contribution in [0, 0.1) is 0 Å². The van der Waals surface area contributed by atoms with Gasteiger partial charge >= 0.3 is 0 Å². The molecule has 0 aliphatic carbocycles. The van der Waals surface area contributed by atoms with Crippen LogP contribution in [-0.4, -0.2) is 18.5 Å². The quantitative estimate of drug-likeness (QED) is 0.728. The molecule has 0 bridgehead atoms. The first-order chi connectivity index (χ1) is 5.80. The molecule has 0 saturated carbocycles. The molecule has 1 N–H and O–H groups in total. The van der Waals surface area contributed by atoms with E-state index in [1.165, 1.54) is 0 Å². The molecular formula is C9H12O2S. The van der Waals surface area contributed by atoms with Crippen LogP contribution < -0.4 is 4.74 Å². The monoisotopic (exact) mass is 184 g/mol. The van der Waals surface area contributed by atoms with Gasteiger partial charge < -0.3 is 9.84 Å². The Kier molecular flexibility index (Phi) is 3.44. The average molecular weight is 184 g/mol. The van der Waals surface area contributed by atoms with Crippen molar-refractivity contribution in [2.45, 2.75) is 11.5 Å². The van der Waals surface area contributed by atoms with Gasteiger partial charge in [0.15, 0.2) is 0 Å². The molecule has 1 aromatic carbocycles. The van der Waals surface area contributed by atoms with Gasteiger partial charge in [-0.3, -0.25) is 0 Å². The summed E-state index contributed by atoms with van der Waals surface area (Å²) < 4.78 is 5.07. The third kappa shape index (κ3) is 2.16. The molecule has 0 saturated heterocycles. The molecule has 0 atom stereocenters. The van der Waals surface area contributed by atoms with Crippen molar-refractivity contribution in [3.05, 3.63) is 23.8 Å². The van der Waals surface area contributed by atoms with Crippen molar-refractivity contribution in [2.75, 3.05) is 13.4 Å². The minimum absolute atomic E-state index is 0.0603. The van der Waals surface area contributed by atoms with Gasteiger partial charge in [-0.05, 0) is 30.0 Å². The molecule has 3 heteroatoms. The fourth-order valence-electron chi connectivity index (χ4n) is 0.958. The van der Waals surface area contributed by atoms with Crippen LogP contribution in [0.5, 0.6) is 5.75 Å². The number of hydrogen-bond acceptors (Lipinski definition) is 3. The van der Waals surface area contributed by atoms with E-state index in [9.17, 15) is 0 Å². The van der Waals surface area contributed by atoms with Crippen molar-refractivity contribution >= 4 is 11.8 Å². The molecule has 0 aliphatic heterocycles. The Morgan fingerprint density at radius 3 is 2.67 bits per heavy atom. The summed E-state index contributed by atoms with van der Waals surface area (Å²) in [6.45, 7) is 0.0603. The fourth-order valence-corrected chi connectivity index (χ4v) is 1.46. The van der Waals surface area contributed by atoms with Gasteiger partial charge in [0.2, 0.25) is 0 Å². The van der Waals surface area contributed by atoms with Gasteiger partial charge in [-0.2, -0.15) is 0 Å². The first-order valence-corrected chi connectivity index (χ1v) is 4.85. The Bertz CT molecular complexity index is 205. The number of rotatable bonds is 3. The second-order valence-electron chi connectivity index (χ2n) is 2.38. The van der Waals surface area contributed by atoms with Crippen molar-refractivity contribution in [1.82, 2.24) is 0 Å². The number of hydrogen-bond donors (Lipinski definition) is 1. The SMILES string of the molecule is COc1cc(CO)cc(SC)c1. The summed E-state index contributed by atoms with van der Waals surface area (Å²) in [6, 6.07) is 5.73. The van der Waals surface area contributed by atoms with Crippen LogP contribution in [0.4, 0.5) is 0 Å². The minimum atomic E-state index is 0.0603. The molecule has 12 heavy (non-hydrogen) atoms.